The fraction of sp³-hybridized carbons (Fsp3) is 0.778. The average molecular weight is 310 g/mol. The van der Waals surface area contributed by atoms with Crippen molar-refractivity contribution in [2.45, 2.75) is 71.1 Å². The molecule has 0 bridgehead atoms. The van der Waals surface area contributed by atoms with Crippen molar-refractivity contribution >= 4 is 11.9 Å². The van der Waals surface area contributed by atoms with Gasteiger partial charge in [-0.15, -0.1) is 0 Å². The van der Waals surface area contributed by atoms with Crippen LogP contribution < -0.4 is 0 Å². The summed E-state index contributed by atoms with van der Waals surface area (Å²) in [5, 5.41) is 0. The number of hydrogen-bond acceptors (Lipinski definition) is 4. The number of hydrogen-bond donors (Lipinski definition) is 0. The Balaban J connectivity index is 1.90. The quantitative estimate of drug-likeness (QED) is 0.288. The molecule has 0 aromatic carbocycles. The van der Waals surface area contributed by atoms with E-state index in [2.05, 4.69) is 18.2 Å². The second-order valence-corrected chi connectivity index (χ2v) is 6.05. The van der Waals surface area contributed by atoms with Gasteiger partial charge >= 0.3 is 11.9 Å². The highest BCUT2D eigenvalue weighted by molar-refractivity contribution is 5.87. The summed E-state index contributed by atoms with van der Waals surface area (Å²) in [6.07, 6.45) is 12.8. The molecular formula is C18H30O4. The lowest BCUT2D eigenvalue weighted by Gasteiger charge is -2.04. The zero-order chi connectivity index (χ0) is 16.2. The molecule has 0 saturated heterocycles. The highest BCUT2D eigenvalue weighted by atomic mass is 16.5. The van der Waals surface area contributed by atoms with Crippen molar-refractivity contribution in [3.8, 4) is 0 Å². The monoisotopic (exact) mass is 310 g/mol. The summed E-state index contributed by atoms with van der Waals surface area (Å²) in [6.45, 7) is 6.02. The second kappa shape index (κ2) is 11.3. The molecule has 0 aromatic rings. The molecule has 0 spiro atoms. The molecule has 0 heterocycles. The van der Waals surface area contributed by atoms with Gasteiger partial charge < -0.3 is 9.47 Å². The summed E-state index contributed by atoms with van der Waals surface area (Å²) in [6, 6.07) is 0. The van der Waals surface area contributed by atoms with Crippen LogP contribution in [0.3, 0.4) is 0 Å². The van der Waals surface area contributed by atoms with Gasteiger partial charge in [-0.1, -0.05) is 64.9 Å². The topological polar surface area (TPSA) is 52.6 Å². The van der Waals surface area contributed by atoms with E-state index in [0.717, 1.165) is 19.1 Å². The Morgan fingerprint density at radius 2 is 1.50 bits per heavy atom. The van der Waals surface area contributed by atoms with Crippen molar-refractivity contribution in [3.63, 3.8) is 0 Å². The molecule has 0 N–H and O–H groups in total. The third kappa shape index (κ3) is 7.62. The van der Waals surface area contributed by atoms with E-state index in [4.69, 9.17) is 4.74 Å². The van der Waals surface area contributed by atoms with Crippen LogP contribution in [0.15, 0.2) is 12.8 Å². The van der Waals surface area contributed by atoms with Gasteiger partial charge in [0, 0.05) is 0 Å². The normalized spacial score (nSPS) is 19.5. The number of carbonyl (C=O) groups excluding carboxylic acids is 2. The second-order valence-electron chi connectivity index (χ2n) is 6.05. The molecule has 22 heavy (non-hydrogen) atoms. The van der Waals surface area contributed by atoms with Crippen molar-refractivity contribution < 1.29 is 19.1 Å². The molecule has 1 saturated carbocycles. The van der Waals surface area contributed by atoms with E-state index in [1.54, 1.807) is 0 Å². The SMILES string of the molecule is C=COC(=O)C1CC1C(=O)OCCCCCCCCCCC. The van der Waals surface area contributed by atoms with E-state index in [-0.39, 0.29) is 23.8 Å². The molecule has 4 heteroatoms. The van der Waals surface area contributed by atoms with Crippen LogP contribution >= 0.6 is 0 Å². The van der Waals surface area contributed by atoms with Gasteiger partial charge in [-0.05, 0) is 12.8 Å². The summed E-state index contributed by atoms with van der Waals surface area (Å²) >= 11 is 0. The summed E-state index contributed by atoms with van der Waals surface area (Å²) in [4.78, 5) is 23.1. The Labute approximate surface area is 134 Å². The molecule has 0 radical (unpaired) electrons. The van der Waals surface area contributed by atoms with Crippen LogP contribution in [0.4, 0.5) is 0 Å². The first kappa shape index (κ1) is 18.7. The fourth-order valence-electron chi connectivity index (χ4n) is 2.58. The zero-order valence-electron chi connectivity index (χ0n) is 13.9. The first-order valence-electron chi connectivity index (χ1n) is 8.68. The first-order valence-corrected chi connectivity index (χ1v) is 8.68. The third-order valence-corrected chi connectivity index (χ3v) is 4.09. The Bertz CT molecular complexity index is 351. The van der Waals surface area contributed by atoms with Gasteiger partial charge in [-0.2, -0.15) is 0 Å². The predicted octanol–water partition coefficient (Wildman–Crippen LogP) is 4.38. The molecule has 126 valence electrons. The molecule has 0 aromatic heterocycles. The lowest BCUT2D eigenvalue weighted by Crippen LogP contribution is -2.13. The zero-order valence-corrected chi connectivity index (χ0v) is 13.9. The van der Waals surface area contributed by atoms with Gasteiger partial charge in [-0.25, -0.2) is 0 Å². The van der Waals surface area contributed by atoms with Crippen molar-refractivity contribution in [2.24, 2.45) is 11.8 Å². The van der Waals surface area contributed by atoms with Crippen LogP contribution in [0, 0.1) is 11.8 Å². The number of ether oxygens (including phenoxy) is 2. The van der Waals surface area contributed by atoms with Crippen LogP contribution in [0.2, 0.25) is 0 Å². The van der Waals surface area contributed by atoms with Crippen LogP contribution in [-0.4, -0.2) is 18.5 Å². The maximum atomic E-state index is 11.7. The molecule has 0 aliphatic heterocycles. The summed E-state index contributed by atoms with van der Waals surface area (Å²) in [5.41, 5.74) is 0. The number of unbranched alkanes of at least 4 members (excludes halogenated alkanes) is 8. The van der Waals surface area contributed by atoms with Crippen LogP contribution in [-0.2, 0) is 19.1 Å². The van der Waals surface area contributed by atoms with Gasteiger partial charge in [-0.3, -0.25) is 9.59 Å². The predicted molar refractivity (Wildman–Crippen MR) is 86.1 cm³/mol. The Hall–Kier alpha value is -1.32. The minimum absolute atomic E-state index is 0.259. The van der Waals surface area contributed by atoms with E-state index in [1.807, 2.05) is 0 Å². The average Bonchev–Trinajstić information content (AvgIpc) is 3.30. The van der Waals surface area contributed by atoms with Crippen LogP contribution in [0.1, 0.15) is 71.1 Å². The molecule has 1 rings (SSSR count). The minimum atomic E-state index is -0.375. The maximum absolute atomic E-state index is 11.7. The Kier molecular flexibility index (Phi) is 9.60. The summed E-state index contributed by atoms with van der Waals surface area (Å²) in [5.74, 6) is -1.26. The van der Waals surface area contributed by atoms with E-state index in [1.165, 1.54) is 44.9 Å². The van der Waals surface area contributed by atoms with E-state index in [0.29, 0.717) is 13.0 Å². The number of rotatable bonds is 13. The summed E-state index contributed by atoms with van der Waals surface area (Å²) < 4.78 is 9.88. The molecular weight excluding hydrogens is 280 g/mol. The molecule has 1 aliphatic rings. The lowest BCUT2D eigenvalue weighted by molar-refractivity contribution is -0.149. The van der Waals surface area contributed by atoms with Crippen molar-refractivity contribution in [1.29, 1.82) is 0 Å². The van der Waals surface area contributed by atoms with Gasteiger partial charge in [0.15, 0.2) is 0 Å². The van der Waals surface area contributed by atoms with Crippen molar-refractivity contribution in [1.82, 2.24) is 0 Å². The van der Waals surface area contributed by atoms with Gasteiger partial charge in [0.1, 0.15) is 0 Å². The smallest absolute Gasteiger partial charge is 0.314 e. The third-order valence-electron chi connectivity index (χ3n) is 4.09. The molecule has 1 fully saturated rings. The van der Waals surface area contributed by atoms with E-state index >= 15 is 0 Å². The van der Waals surface area contributed by atoms with Crippen molar-refractivity contribution in [3.05, 3.63) is 12.8 Å². The molecule has 4 nitrogen and oxygen atoms in total. The maximum Gasteiger partial charge on any atom is 0.314 e. The first-order chi connectivity index (χ1) is 10.7. The molecule has 2 unspecified atom stereocenters. The van der Waals surface area contributed by atoms with Gasteiger partial charge in [0.2, 0.25) is 0 Å². The molecule has 0 amide bonds. The largest absolute Gasteiger partial charge is 0.465 e. The number of esters is 2. The highest BCUT2D eigenvalue weighted by Gasteiger charge is 2.50. The number of carbonyl (C=O) groups is 2. The highest BCUT2D eigenvalue weighted by Crippen LogP contribution is 2.40. The van der Waals surface area contributed by atoms with E-state index < -0.39 is 0 Å². The standard InChI is InChI=1S/C18H30O4/c1-3-5-6-7-8-9-10-11-12-13-22-18(20)16-14-15(16)17(19)21-4-2/h4,15-16H,2-3,5-14H2,1H3. The van der Waals surface area contributed by atoms with Crippen LogP contribution in [0.5, 0.6) is 0 Å². The minimum Gasteiger partial charge on any atom is -0.465 e. The molecule has 1 aliphatic carbocycles. The summed E-state index contributed by atoms with van der Waals surface area (Å²) in [7, 11) is 0. The Morgan fingerprint density at radius 3 is 2.09 bits per heavy atom. The van der Waals surface area contributed by atoms with E-state index in [9.17, 15) is 9.59 Å². The van der Waals surface area contributed by atoms with Crippen molar-refractivity contribution in [2.75, 3.05) is 6.61 Å². The fourth-order valence-corrected chi connectivity index (χ4v) is 2.58. The van der Waals surface area contributed by atoms with Crippen LogP contribution in [0.25, 0.3) is 0 Å². The van der Waals surface area contributed by atoms with Gasteiger partial charge in [0.05, 0.1) is 24.7 Å². The molecule has 2 atom stereocenters. The Morgan fingerprint density at radius 1 is 0.955 bits per heavy atom. The lowest BCUT2D eigenvalue weighted by atomic mass is 10.1. The van der Waals surface area contributed by atoms with Gasteiger partial charge in [0.25, 0.3) is 0 Å².